The van der Waals surface area contributed by atoms with E-state index in [4.69, 9.17) is 0 Å². The van der Waals surface area contributed by atoms with Crippen molar-refractivity contribution >= 4 is 11.0 Å². The van der Waals surface area contributed by atoms with Crippen molar-refractivity contribution in [2.45, 2.75) is 12.8 Å². The van der Waals surface area contributed by atoms with Gasteiger partial charge in [0, 0.05) is 0 Å². The van der Waals surface area contributed by atoms with E-state index in [-0.39, 0.29) is 0 Å². The SMILES string of the molecule is C1=CC(CCc2cccc3n[nH]nc23)C=C1. The molecule has 0 spiro atoms. The molecule has 80 valence electrons. The van der Waals surface area contributed by atoms with Crippen molar-refractivity contribution in [1.29, 1.82) is 0 Å². The Morgan fingerprint density at radius 3 is 2.88 bits per heavy atom. The molecule has 2 aromatic rings. The lowest BCUT2D eigenvalue weighted by molar-refractivity contribution is 0.717. The molecule has 1 N–H and O–H groups in total. The van der Waals surface area contributed by atoms with Crippen LogP contribution in [0.4, 0.5) is 0 Å². The van der Waals surface area contributed by atoms with E-state index >= 15 is 0 Å². The van der Waals surface area contributed by atoms with Gasteiger partial charge >= 0.3 is 0 Å². The second-order valence-corrected chi connectivity index (χ2v) is 4.08. The lowest BCUT2D eigenvalue weighted by atomic mass is 10.00. The summed E-state index contributed by atoms with van der Waals surface area (Å²) >= 11 is 0. The molecule has 1 aromatic heterocycles. The first-order chi connectivity index (χ1) is 7.93. The molecule has 3 heteroatoms. The quantitative estimate of drug-likeness (QED) is 0.848. The fourth-order valence-electron chi connectivity index (χ4n) is 2.12. The fourth-order valence-corrected chi connectivity index (χ4v) is 2.12. The second-order valence-electron chi connectivity index (χ2n) is 4.08. The van der Waals surface area contributed by atoms with Crippen molar-refractivity contribution < 1.29 is 0 Å². The normalized spacial score (nSPS) is 15.2. The third-order valence-electron chi connectivity index (χ3n) is 3.01. The lowest BCUT2D eigenvalue weighted by Gasteiger charge is -2.05. The molecule has 0 aliphatic heterocycles. The lowest BCUT2D eigenvalue weighted by Crippen LogP contribution is -1.94. The van der Waals surface area contributed by atoms with E-state index in [1.807, 2.05) is 12.1 Å². The van der Waals surface area contributed by atoms with E-state index in [1.165, 1.54) is 5.56 Å². The second kappa shape index (κ2) is 3.93. The maximum absolute atomic E-state index is 4.19. The third-order valence-corrected chi connectivity index (χ3v) is 3.01. The van der Waals surface area contributed by atoms with Crippen molar-refractivity contribution in [2.75, 3.05) is 0 Å². The number of hydrogen-bond donors (Lipinski definition) is 1. The zero-order chi connectivity index (χ0) is 10.8. The van der Waals surface area contributed by atoms with Crippen LogP contribution in [0, 0.1) is 5.92 Å². The number of nitrogens with one attached hydrogen (secondary N) is 1. The first-order valence-electron chi connectivity index (χ1n) is 5.57. The summed E-state index contributed by atoms with van der Waals surface area (Å²) in [5.41, 5.74) is 3.24. The average Bonchev–Trinajstić information content (AvgIpc) is 2.97. The summed E-state index contributed by atoms with van der Waals surface area (Å²) in [6.07, 6.45) is 10.9. The molecule has 1 aliphatic carbocycles. The van der Waals surface area contributed by atoms with Crippen LogP contribution in [0.1, 0.15) is 12.0 Å². The van der Waals surface area contributed by atoms with Gasteiger partial charge in [0.15, 0.2) is 0 Å². The summed E-state index contributed by atoms with van der Waals surface area (Å²) in [6, 6.07) is 6.16. The van der Waals surface area contributed by atoms with E-state index in [2.05, 4.69) is 45.8 Å². The highest BCUT2D eigenvalue weighted by atomic mass is 15.3. The number of aromatic amines is 1. The van der Waals surface area contributed by atoms with E-state index < -0.39 is 0 Å². The van der Waals surface area contributed by atoms with Gasteiger partial charge in [-0.3, -0.25) is 0 Å². The molecule has 0 saturated heterocycles. The summed E-state index contributed by atoms with van der Waals surface area (Å²) < 4.78 is 0. The predicted octanol–water partition coefficient (Wildman–Crippen LogP) is 2.63. The number of benzene rings is 1. The Kier molecular flexibility index (Phi) is 2.29. The minimum Gasteiger partial charge on any atom is -0.197 e. The van der Waals surface area contributed by atoms with Crippen molar-refractivity contribution in [2.24, 2.45) is 5.92 Å². The van der Waals surface area contributed by atoms with E-state index in [9.17, 15) is 0 Å². The van der Waals surface area contributed by atoms with Crippen LogP contribution in [0.3, 0.4) is 0 Å². The minimum atomic E-state index is 0.585. The Labute approximate surface area is 93.9 Å². The molecule has 0 unspecified atom stereocenters. The zero-order valence-corrected chi connectivity index (χ0v) is 8.93. The molecule has 0 bridgehead atoms. The number of allylic oxidation sites excluding steroid dienone is 4. The highest BCUT2D eigenvalue weighted by Gasteiger charge is 2.08. The van der Waals surface area contributed by atoms with Crippen molar-refractivity contribution in [3.63, 3.8) is 0 Å². The zero-order valence-electron chi connectivity index (χ0n) is 8.93. The fraction of sp³-hybridized carbons (Fsp3) is 0.231. The van der Waals surface area contributed by atoms with Crippen LogP contribution in [0.25, 0.3) is 11.0 Å². The van der Waals surface area contributed by atoms with Gasteiger partial charge in [0.25, 0.3) is 0 Å². The number of para-hydroxylation sites is 1. The Hall–Kier alpha value is -1.90. The van der Waals surface area contributed by atoms with Crippen LogP contribution in [0.5, 0.6) is 0 Å². The summed E-state index contributed by atoms with van der Waals surface area (Å²) in [5.74, 6) is 0.585. The van der Waals surface area contributed by atoms with Crippen LogP contribution in [0.15, 0.2) is 42.5 Å². The van der Waals surface area contributed by atoms with Crippen LogP contribution >= 0.6 is 0 Å². The number of aryl methyl sites for hydroxylation is 1. The van der Waals surface area contributed by atoms with Gasteiger partial charge < -0.3 is 0 Å². The standard InChI is InChI=1S/C13H13N3/c1-2-5-10(4-1)8-9-11-6-3-7-12-13(11)15-16-14-12/h1-7,10H,8-9H2,(H,14,15,16). The maximum Gasteiger partial charge on any atom is 0.116 e. The maximum atomic E-state index is 4.19. The molecule has 0 amide bonds. The summed E-state index contributed by atoms with van der Waals surface area (Å²) in [5, 5.41) is 11.0. The number of H-pyrrole nitrogens is 1. The molecule has 0 fully saturated rings. The van der Waals surface area contributed by atoms with Crippen LogP contribution in [0.2, 0.25) is 0 Å². The van der Waals surface area contributed by atoms with E-state index in [0.29, 0.717) is 5.92 Å². The van der Waals surface area contributed by atoms with Crippen LogP contribution in [-0.2, 0) is 6.42 Å². The van der Waals surface area contributed by atoms with E-state index in [0.717, 1.165) is 23.9 Å². The third kappa shape index (κ3) is 1.65. The summed E-state index contributed by atoms with van der Waals surface area (Å²) in [7, 11) is 0. The van der Waals surface area contributed by atoms with Crippen molar-refractivity contribution in [1.82, 2.24) is 15.4 Å². The van der Waals surface area contributed by atoms with Gasteiger partial charge in [0.1, 0.15) is 11.0 Å². The Bertz CT molecular complexity index is 539. The Balaban J connectivity index is 1.80. The minimum absolute atomic E-state index is 0.585. The van der Waals surface area contributed by atoms with Crippen molar-refractivity contribution in [3.05, 3.63) is 48.1 Å². The molecule has 0 radical (unpaired) electrons. The van der Waals surface area contributed by atoms with Gasteiger partial charge in [-0.25, -0.2) is 0 Å². The predicted molar refractivity (Wildman–Crippen MR) is 64.0 cm³/mol. The molecule has 16 heavy (non-hydrogen) atoms. The van der Waals surface area contributed by atoms with Crippen molar-refractivity contribution in [3.8, 4) is 0 Å². The first kappa shape index (κ1) is 9.33. The highest BCUT2D eigenvalue weighted by Crippen LogP contribution is 2.20. The van der Waals surface area contributed by atoms with Crippen LogP contribution in [-0.4, -0.2) is 15.4 Å². The Morgan fingerprint density at radius 2 is 2.00 bits per heavy atom. The smallest absolute Gasteiger partial charge is 0.116 e. The monoisotopic (exact) mass is 211 g/mol. The topological polar surface area (TPSA) is 41.6 Å². The average molecular weight is 211 g/mol. The van der Waals surface area contributed by atoms with Gasteiger partial charge in [0.05, 0.1) is 0 Å². The largest absolute Gasteiger partial charge is 0.197 e. The number of nitrogens with zero attached hydrogens (tertiary/aromatic N) is 2. The van der Waals surface area contributed by atoms with E-state index in [1.54, 1.807) is 0 Å². The summed E-state index contributed by atoms with van der Waals surface area (Å²) in [4.78, 5) is 0. The van der Waals surface area contributed by atoms with Gasteiger partial charge in [-0.15, -0.1) is 0 Å². The van der Waals surface area contributed by atoms with Gasteiger partial charge in [-0.2, -0.15) is 15.4 Å². The van der Waals surface area contributed by atoms with Gasteiger partial charge in [-0.1, -0.05) is 36.4 Å². The number of fused-ring (bicyclic) bond motifs is 1. The molecule has 1 aliphatic rings. The van der Waals surface area contributed by atoms with Gasteiger partial charge in [-0.05, 0) is 30.4 Å². The molecule has 3 rings (SSSR count). The molecule has 0 atom stereocenters. The Morgan fingerprint density at radius 1 is 1.12 bits per heavy atom. The first-order valence-corrected chi connectivity index (χ1v) is 5.57. The number of rotatable bonds is 3. The van der Waals surface area contributed by atoms with Crippen LogP contribution < -0.4 is 0 Å². The molecule has 0 saturated carbocycles. The molecule has 1 aromatic carbocycles. The highest BCUT2D eigenvalue weighted by molar-refractivity contribution is 5.77. The summed E-state index contributed by atoms with van der Waals surface area (Å²) in [6.45, 7) is 0. The molecular weight excluding hydrogens is 198 g/mol. The molecule has 1 heterocycles. The number of hydrogen-bond acceptors (Lipinski definition) is 2. The molecular formula is C13H13N3. The van der Waals surface area contributed by atoms with Gasteiger partial charge in [0.2, 0.25) is 0 Å². The molecule has 3 nitrogen and oxygen atoms in total. The number of aromatic nitrogens is 3.